The summed E-state index contributed by atoms with van der Waals surface area (Å²) in [6.45, 7) is 10.6. The molecule has 0 spiro atoms. The summed E-state index contributed by atoms with van der Waals surface area (Å²) < 4.78 is 30.7. The molecule has 0 amide bonds. The van der Waals surface area contributed by atoms with Crippen molar-refractivity contribution in [2.75, 3.05) is 13.6 Å². The summed E-state index contributed by atoms with van der Waals surface area (Å²) in [5.41, 5.74) is 0.702. The van der Waals surface area contributed by atoms with Gasteiger partial charge < -0.3 is 9.73 Å². The highest BCUT2D eigenvalue weighted by Crippen LogP contribution is 2.67. The largest absolute Gasteiger partial charge is 0.447 e. The summed E-state index contributed by atoms with van der Waals surface area (Å²) in [4.78, 5) is 0. The van der Waals surface area contributed by atoms with Crippen LogP contribution in [0.5, 0.6) is 0 Å². The zero-order chi connectivity index (χ0) is 15.2. The average molecular weight is 300 g/mol. The molecule has 0 aliphatic heterocycles. The molecule has 2 rings (SSSR count). The Hall–Kier alpha value is -0.850. The second-order valence-corrected chi connectivity index (χ2v) is 8.37. The molecule has 114 valence electrons. The van der Waals surface area contributed by atoms with E-state index in [1.807, 2.05) is 0 Å². The Morgan fingerprint density at radius 3 is 2.30 bits per heavy atom. The molecule has 1 heterocycles. The van der Waals surface area contributed by atoms with Crippen LogP contribution in [0.4, 0.5) is 0 Å². The molecule has 5 nitrogen and oxygen atoms in total. The van der Waals surface area contributed by atoms with Crippen molar-refractivity contribution in [3.05, 3.63) is 17.9 Å². The summed E-state index contributed by atoms with van der Waals surface area (Å²) in [6.07, 6.45) is 0. The van der Waals surface area contributed by atoms with Gasteiger partial charge in [-0.2, -0.15) is 0 Å². The molecule has 0 radical (unpaired) electrons. The van der Waals surface area contributed by atoms with Gasteiger partial charge in [-0.05, 0) is 42.5 Å². The van der Waals surface area contributed by atoms with Gasteiger partial charge in [-0.25, -0.2) is 13.1 Å². The Balaban J connectivity index is 1.88. The van der Waals surface area contributed by atoms with Crippen LogP contribution in [-0.4, -0.2) is 22.0 Å². The van der Waals surface area contributed by atoms with Crippen LogP contribution >= 0.6 is 0 Å². The molecule has 0 bridgehead atoms. The molecule has 6 heteroatoms. The predicted molar refractivity (Wildman–Crippen MR) is 77.7 cm³/mol. The molecule has 1 aromatic rings. The van der Waals surface area contributed by atoms with Crippen molar-refractivity contribution in [2.45, 2.75) is 39.3 Å². The fourth-order valence-electron chi connectivity index (χ4n) is 2.88. The number of furan rings is 1. The lowest BCUT2D eigenvalue weighted by Gasteiger charge is -2.04. The van der Waals surface area contributed by atoms with Crippen LogP contribution in [0, 0.1) is 16.7 Å². The molecule has 0 unspecified atom stereocenters. The first-order chi connectivity index (χ1) is 9.13. The number of hydrogen-bond acceptors (Lipinski definition) is 4. The SMILES string of the molecule is CNS(=O)(=O)c1ccc(CNCC2C(C)(C)C2(C)C)o1. The van der Waals surface area contributed by atoms with E-state index in [9.17, 15) is 8.42 Å². The van der Waals surface area contributed by atoms with E-state index in [0.717, 1.165) is 6.54 Å². The van der Waals surface area contributed by atoms with E-state index in [-0.39, 0.29) is 5.09 Å². The fraction of sp³-hybridized carbons (Fsp3) is 0.714. The lowest BCUT2D eigenvalue weighted by Crippen LogP contribution is -2.19. The minimum absolute atomic E-state index is 0.0381. The van der Waals surface area contributed by atoms with E-state index < -0.39 is 10.0 Å². The number of rotatable bonds is 6. The molecule has 1 saturated carbocycles. The molecule has 0 aromatic carbocycles. The van der Waals surface area contributed by atoms with E-state index in [2.05, 4.69) is 37.7 Å². The van der Waals surface area contributed by atoms with Crippen LogP contribution in [0.2, 0.25) is 0 Å². The molecule has 1 fully saturated rings. The van der Waals surface area contributed by atoms with E-state index in [1.165, 1.54) is 13.1 Å². The monoisotopic (exact) mass is 300 g/mol. The third-order valence-electron chi connectivity index (χ3n) is 5.14. The van der Waals surface area contributed by atoms with Crippen LogP contribution in [0.25, 0.3) is 0 Å². The van der Waals surface area contributed by atoms with E-state index in [4.69, 9.17) is 4.42 Å². The molecule has 0 saturated heterocycles. The summed E-state index contributed by atoms with van der Waals surface area (Å²) in [5, 5.41) is 3.31. The van der Waals surface area contributed by atoms with Crippen molar-refractivity contribution in [3.8, 4) is 0 Å². The Kier molecular flexibility index (Phi) is 3.77. The van der Waals surface area contributed by atoms with Crippen LogP contribution in [-0.2, 0) is 16.6 Å². The highest BCUT2D eigenvalue weighted by molar-refractivity contribution is 7.89. The number of hydrogen-bond donors (Lipinski definition) is 2. The van der Waals surface area contributed by atoms with Crippen molar-refractivity contribution in [1.29, 1.82) is 0 Å². The third-order valence-corrected chi connectivity index (χ3v) is 6.42. The van der Waals surface area contributed by atoms with Gasteiger partial charge in [-0.3, -0.25) is 0 Å². The first-order valence-electron chi connectivity index (χ1n) is 6.86. The van der Waals surface area contributed by atoms with Gasteiger partial charge in [-0.1, -0.05) is 27.7 Å². The highest BCUT2D eigenvalue weighted by Gasteiger charge is 2.63. The van der Waals surface area contributed by atoms with Gasteiger partial charge in [0.05, 0.1) is 6.54 Å². The maximum atomic E-state index is 11.6. The van der Waals surface area contributed by atoms with Gasteiger partial charge in [0.25, 0.3) is 10.0 Å². The lowest BCUT2D eigenvalue weighted by atomic mass is 10.0. The molecular weight excluding hydrogens is 276 g/mol. The van der Waals surface area contributed by atoms with Gasteiger partial charge in [0, 0.05) is 0 Å². The van der Waals surface area contributed by atoms with Gasteiger partial charge in [0.2, 0.25) is 5.09 Å². The molecule has 1 aliphatic carbocycles. The van der Waals surface area contributed by atoms with Crippen molar-refractivity contribution in [1.82, 2.24) is 10.0 Å². The second-order valence-electron chi connectivity index (χ2n) is 6.56. The van der Waals surface area contributed by atoms with Crippen LogP contribution in [0.15, 0.2) is 21.6 Å². The van der Waals surface area contributed by atoms with E-state index >= 15 is 0 Å². The normalized spacial score (nSPS) is 21.1. The minimum Gasteiger partial charge on any atom is -0.447 e. The smallest absolute Gasteiger partial charge is 0.273 e. The third kappa shape index (κ3) is 2.52. The van der Waals surface area contributed by atoms with Crippen LogP contribution < -0.4 is 10.0 Å². The Morgan fingerprint density at radius 1 is 1.20 bits per heavy atom. The van der Waals surface area contributed by atoms with Crippen LogP contribution in [0.3, 0.4) is 0 Å². The molecule has 1 aliphatic rings. The second kappa shape index (κ2) is 4.86. The van der Waals surface area contributed by atoms with Crippen LogP contribution in [0.1, 0.15) is 33.5 Å². The molecule has 0 atom stereocenters. The molecular formula is C14H24N2O3S. The predicted octanol–water partition coefficient (Wildman–Crippen LogP) is 1.96. The maximum Gasteiger partial charge on any atom is 0.273 e. The zero-order valence-corrected chi connectivity index (χ0v) is 13.6. The van der Waals surface area contributed by atoms with Gasteiger partial charge in [0.1, 0.15) is 5.76 Å². The Bertz CT molecular complexity index is 573. The highest BCUT2D eigenvalue weighted by atomic mass is 32.2. The van der Waals surface area contributed by atoms with Crippen molar-refractivity contribution in [2.24, 2.45) is 16.7 Å². The fourth-order valence-corrected chi connectivity index (χ4v) is 3.55. The van der Waals surface area contributed by atoms with Gasteiger partial charge >= 0.3 is 0 Å². The molecule has 1 aromatic heterocycles. The average Bonchev–Trinajstić information content (AvgIpc) is 2.77. The number of sulfonamides is 1. The quantitative estimate of drug-likeness (QED) is 0.842. The Labute approximate surface area is 121 Å². The van der Waals surface area contributed by atoms with Crippen molar-refractivity contribution >= 4 is 10.0 Å². The van der Waals surface area contributed by atoms with Gasteiger partial charge in [0.15, 0.2) is 0 Å². The number of nitrogens with one attached hydrogen (secondary N) is 2. The first-order valence-corrected chi connectivity index (χ1v) is 8.34. The lowest BCUT2D eigenvalue weighted by molar-refractivity contribution is 0.395. The summed E-state index contributed by atoms with van der Waals surface area (Å²) in [6, 6.07) is 3.17. The molecule has 20 heavy (non-hydrogen) atoms. The van der Waals surface area contributed by atoms with Gasteiger partial charge in [-0.15, -0.1) is 0 Å². The summed E-state index contributed by atoms with van der Waals surface area (Å²) in [5.74, 6) is 1.26. The van der Waals surface area contributed by atoms with E-state index in [0.29, 0.717) is 29.1 Å². The molecule has 2 N–H and O–H groups in total. The van der Waals surface area contributed by atoms with Crippen molar-refractivity contribution in [3.63, 3.8) is 0 Å². The minimum atomic E-state index is -3.49. The Morgan fingerprint density at radius 2 is 1.80 bits per heavy atom. The summed E-state index contributed by atoms with van der Waals surface area (Å²) >= 11 is 0. The standard InChI is InChI=1S/C14H24N2O3S/c1-13(2)11(14(13,3)4)9-16-8-10-6-7-12(19-10)20(17,18)15-5/h6-7,11,15-16H,8-9H2,1-5H3. The topological polar surface area (TPSA) is 71.3 Å². The zero-order valence-electron chi connectivity index (χ0n) is 12.8. The summed E-state index contributed by atoms with van der Waals surface area (Å²) in [7, 11) is -2.12. The maximum absolute atomic E-state index is 11.6. The van der Waals surface area contributed by atoms with E-state index in [1.54, 1.807) is 6.07 Å². The first kappa shape index (κ1) is 15.5. The van der Waals surface area contributed by atoms with Crippen molar-refractivity contribution < 1.29 is 12.8 Å².